The molecule has 0 radical (unpaired) electrons. The van der Waals surface area contributed by atoms with E-state index in [1.807, 2.05) is 6.92 Å². The predicted octanol–water partition coefficient (Wildman–Crippen LogP) is 2.58. The molecule has 19 heavy (non-hydrogen) atoms. The van der Waals surface area contributed by atoms with Crippen LogP contribution >= 0.6 is 11.6 Å². The van der Waals surface area contributed by atoms with Gasteiger partial charge in [0.1, 0.15) is 5.25 Å². The van der Waals surface area contributed by atoms with Gasteiger partial charge in [-0.05, 0) is 31.5 Å². The lowest BCUT2D eigenvalue weighted by atomic mass is 10.2. The predicted molar refractivity (Wildman–Crippen MR) is 78.3 cm³/mol. The summed E-state index contributed by atoms with van der Waals surface area (Å²) in [6.07, 6.45) is 1.27. The lowest BCUT2D eigenvalue weighted by molar-refractivity contribution is -0.115. The number of sulfone groups is 1. The van der Waals surface area contributed by atoms with E-state index in [1.165, 1.54) is 13.0 Å². The topological polar surface area (TPSA) is 63.2 Å². The largest absolute Gasteiger partial charge is 0.325 e. The van der Waals surface area contributed by atoms with Crippen LogP contribution in [0.15, 0.2) is 30.9 Å². The summed E-state index contributed by atoms with van der Waals surface area (Å²) >= 11 is 5.93. The summed E-state index contributed by atoms with van der Waals surface area (Å²) in [5, 5.41) is 1.92. The third kappa shape index (κ3) is 4.08. The zero-order chi connectivity index (χ0) is 14.6. The van der Waals surface area contributed by atoms with Crippen LogP contribution in [0.1, 0.15) is 12.5 Å². The fourth-order valence-electron chi connectivity index (χ4n) is 1.39. The Labute approximate surface area is 118 Å². The Balaban J connectivity index is 2.85. The number of aryl methyl sites for hydroxylation is 1. The molecule has 1 aromatic carbocycles. The van der Waals surface area contributed by atoms with Gasteiger partial charge in [-0.1, -0.05) is 23.7 Å². The van der Waals surface area contributed by atoms with Crippen LogP contribution in [-0.2, 0) is 14.6 Å². The Hall–Kier alpha value is -1.33. The van der Waals surface area contributed by atoms with Crippen LogP contribution in [0, 0.1) is 6.92 Å². The molecule has 6 heteroatoms. The van der Waals surface area contributed by atoms with E-state index in [0.29, 0.717) is 10.7 Å². The minimum atomic E-state index is -3.51. The zero-order valence-electron chi connectivity index (χ0n) is 10.8. The number of carbonyl (C=O) groups is 1. The van der Waals surface area contributed by atoms with Gasteiger partial charge in [0.25, 0.3) is 0 Å². The summed E-state index contributed by atoms with van der Waals surface area (Å²) in [5.41, 5.74) is 1.35. The number of hydrogen-bond donors (Lipinski definition) is 1. The molecule has 0 aromatic heterocycles. The second-order valence-electron chi connectivity index (χ2n) is 4.21. The highest BCUT2D eigenvalue weighted by molar-refractivity contribution is 7.92. The van der Waals surface area contributed by atoms with E-state index in [2.05, 4.69) is 11.9 Å². The molecule has 4 nitrogen and oxygen atoms in total. The number of anilines is 1. The Morgan fingerprint density at radius 3 is 2.68 bits per heavy atom. The number of benzene rings is 1. The molecule has 1 N–H and O–H groups in total. The molecule has 1 aromatic rings. The first-order valence-corrected chi connectivity index (χ1v) is 7.76. The average molecular weight is 302 g/mol. The summed E-state index contributed by atoms with van der Waals surface area (Å²) in [7, 11) is -3.51. The van der Waals surface area contributed by atoms with E-state index in [4.69, 9.17) is 11.6 Å². The number of nitrogens with one attached hydrogen (secondary N) is 1. The van der Waals surface area contributed by atoms with Crippen molar-refractivity contribution in [1.82, 2.24) is 0 Å². The molecule has 104 valence electrons. The van der Waals surface area contributed by atoms with Crippen molar-refractivity contribution in [3.8, 4) is 0 Å². The first-order valence-electron chi connectivity index (χ1n) is 5.67. The van der Waals surface area contributed by atoms with Crippen molar-refractivity contribution in [3.63, 3.8) is 0 Å². The normalized spacial score (nSPS) is 12.8. The first kappa shape index (κ1) is 15.7. The number of carbonyl (C=O) groups excluding carboxylic acids is 1. The Morgan fingerprint density at radius 1 is 1.53 bits per heavy atom. The van der Waals surface area contributed by atoms with Gasteiger partial charge in [-0.3, -0.25) is 4.79 Å². The van der Waals surface area contributed by atoms with Crippen LogP contribution in [0.4, 0.5) is 5.69 Å². The van der Waals surface area contributed by atoms with Crippen molar-refractivity contribution < 1.29 is 13.2 Å². The second-order valence-corrected chi connectivity index (χ2v) is 6.99. The van der Waals surface area contributed by atoms with Crippen LogP contribution in [-0.4, -0.2) is 25.3 Å². The maximum Gasteiger partial charge on any atom is 0.242 e. The number of amides is 1. The lowest BCUT2D eigenvalue weighted by Gasteiger charge is -2.12. The summed E-state index contributed by atoms with van der Waals surface area (Å²) in [5.74, 6) is -0.808. The molecule has 0 heterocycles. The van der Waals surface area contributed by atoms with Gasteiger partial charge < -0.3 is 5.32 Å². The Morgan fingerprint density at radius 2 is 2.16 bits per heavy atom. The van der Waals surface area contributed by atoms with Crippen molar-refractivity contribution in [2.75, 3.05) is 11.1 Å². The van der Waals surface area contributed by atoms with Crippen molar-refractivity contribution in [2.24, 2.45) is 0 Å². The maximum absolute atomic E-state index is 11.9. The van der Waals surface area contributed by atoms with Gasteiger partial charge in [-0.25, -0.2) is 8.42 Å². The van der Waals surface area contributed by atoms with Crippen molar-refractivity contribution in [2.45, 2.75) is 19.1 Å². The molecule has 0 aliphatic heterocycles. The molecule has 0 aliphatic carbocycles. The van der Waals surface area contributed by atoms with Crippen molar-refractivity contribution in [3.05, 3.63) is 41.4 Å². The van der Waals surface area contributed by atoms with Crippen LogP contribution in [0.3, 0.4) is 0 Å². The van der Waals surface area contributed by atoms with Gasteiger partial charge in [0.05, 0.1) is 5.75 Å². The van der Waals surface area contributed by atoms with Crippen LogP contribution < -0.4 is 5.32 Å². The number of rotatable bonds is 5. The van der Waals surface area contributed by atoms with E-state index in [-0.39, 0.29) is 5.75 Å². The maximum atomic E-state index is 11.9. The molecule has 0 fully saturated rings. The van der Waals surface area contributed by atoms with Gasteiger partial charge in [0, 0.05) is 10.7 Å². The van der Waals surface area contributed by atoms with E-state index in [0.717, 1.165) is 5.56 Å². The number of halogens is 1. The minimum absolute atomic E-state index is 0.226. The van der Waals surface area contributed by atoms with E-state index < -0.39 is 21.0 Å². The minimum Gasteiger partial charge on any atom is -0.325 e. The molecular weight excluding hydrogens is 286 g/mol. The quantitative estimate of drug-likeness (QED) is 0.850. The molecule has 0 spiro atoms. The standard InChI is InChI=1S/C13H16ClNO3S/c1-4-7-19(17,18)10(3)13(16)15-11-6-5-9(2)12(14)8-11/h4-6,8,10H,1,7H2,2-3H3,(H,15,16). The molecule has 1 amide bonds. The molecule has 0 saturated carbocycles. The highest BCUT2D eigenvalue weighted by Gasteiger charge is 2.26. The smallest absolute Gasteiger partial charge is 0.242 e. The second kappa shape index (κ2) is 6.21. The molecule has 0 aliphatic rings. The monoisotopic (exact) mass is 301 g/mol. The number of hydrogen-bond acceptors (Lipinski definition) is 3. The third-order valence-corrected chi connectivity index (χ3v) is 5.10. The Bertz CT molecular complexity index is 596. The van der Waals surface area contributed by atoms with Crippen LogP contribution in [0.2, 0.25) is 5.02 Å². The molecular formula is C13H16ClNO3S. The fourth-order valence-corrected chi connectivity index (χ4v) is 2.57. The molecule has 0 bridgehead atoms. The van der Waals surface area contributed by atoms with Gasteiger partial charge in [0.15, 0.2) is 9.84 Å². The SMILES string of the molecule is C=CCS(=O)(=O)C(C)C(=O)Nc1ccc(C)c(Cl)c1. The van der Waals surface area contributed by atoms with Gasteiger partial charge in [0.2, 0.25) is 5.91 Å². The zero-order valence-corrected chi connectivity index (χ0v) is 12.4. The molecule has 1 unspecified atom stereocenters. The molecule has 1 atom stereocenters. The van der Waals surface area contributed by atoms with Crippen LogP contribution in [0.25, 0.3) is 0 Å². The highest BCUT2D eigenvalue weighted by atomic mass is 35.5. The van der Waals surface area contributed by atoms with E-state index in [1.54, 1.807) is 18.2 Å². The lowest BCUT2D eigenvalue weighted by Crippen LogP contribution is -2.33. The fraction of sp³-hybridized carbons (Fsp3) is 0.308. The van der Waals surface area contributed by atoms with Gasteiger partial charge in [-0.2, -0.15) is 0 Å². The highest BCUT2D eigenvalue weighted by Crippen LogP contribution is 2.20. The van der Waals surface area contributed by atoms with Crippen LogP contribution in [0.5, 0.6) is 0 Å². The summed E-state index contributed by atoms with van der Waals surface area (Å²) in [4.78, 5) is 11.9. The van der Waals surface area contributed by atoms with Crippen molar-refractivity contribution in [1.29, 1.82) is 0 Å². The summed E-state index contributed by atoms with van der Waals surface area (Å²) < 4.78 is 23.5. The molecule has 1 rings (SSSR count). The van der Waals surface area contributed by atoms with Gasteiger partial charge in [-0.15, -0.1) is 6.58 Å². The average Bonchev–Trinajstić information content (AvgIpc) is 2.32. The summed E-state index contributed by atoms with van der Waals surface area (Å²) in [6, 6.07) is 5.01. The first-order chi connectivity index (χ1) is 8.77. The third-order valence-electron chi connectivity index (χ3n) is 2.70. The van der Waals surface area contributed by atoms with E-state index in [9.17, 15) is 13.2 Å². The van der Waals surface area contributed by atoms with Gasteiger partial charge >= 0.3 is 0 Å². The summed E-state index contributed by atoms with van der Waals surface area (Å²) in [6.45, 7) is 6.55. The van der Waals surface area contributed by atoms with E-state index >= 15 is 0 Å². The molecule has 0 saturated heterocycles. The Kier molecular flexibility index (Phi) is 5.14. The van der Waals surface area contributed by atoms with Crippen molar-refractivity contribution >= 4 is 33.0 Å².